The Labute approximate surface area is 181 Å². The molecule has 6 rings (SSSR count). The molecule has 5 nitrogen and oxygen atoms in total. The lowest BCUT2D eigenvalue weighted by Gasteiger charge is -2.29. The Bertz CT molecular complexity index is 1450. The number of hydrogen-bond donors (Lipinski definition) is 1. The second kappa shape index (κ2) is 7.04. The van der Waals surface area contributed by atoms with E-state index in [1.54, 1.807) is 18.5 Å². The molecule has 1 atom stereocenters. The summed E-state index contributed by atoms with van der Waals surface area (Å²) in [6.07, 6.45) is 8.95. The molecule has 0 amide bonds. The minimum Gasteiger partial charge on any atom is -0.345 e. The maximum atomic E-state index is 14.0. The van der Waals surface area contributed by atoms with Gasteiger partial charge in [0.2, 0.25) is 9.84 Å². The predicted molar refractivity (Wildman–Crippen MR) is 123 cm³/mol. The Hall–Kier alpha value is -2.96. The zero-order valence-electron chi connectivity index (χ0n) is 17.1. The molecule has 1 saturated heterocycles. The van der Waals surface area contributed by atoms with Crippen molar-refractivity contribution in [3.8, 4) is 0 Å². The highest BCUT2D eigenvalue weighted by molar-refractivity contribution is 7.91. The standard InChI is InChI=1S/C25H23N3O2S/c29-31(30,23-9-3-6-17-5-1-2-8-20(17)23)25-24(21-16-26-12-10-22(21)27-25)18-11-14-28-13-4-7-19(28)15-18/h1-3,5-6,8-12,16,19,27H,4,7,13-15H2. The van der Waals surface area contributed by atoms with Gasteiger partial charge in [-0.3, -0.25) is 9.88 Å². The van der Waals surface area contributed by atoms with Gasteiger partial charge in [-0.15, -0.1) is 0 Å². The van der Waals surface area contributed by atoms with Crippen LogP contribution in [0.25, 0.3) is 27.2 Å². The van der Waals surface area contributed by atoms with E-state index in [-0.39, 0.29) is 5.03 Å². The van der Waals surface area contributed by atoms with Gasteiger partial charge in [-0.05, 0) is 48.9 Å². The van der Waals surface area contributed by atoms with Gasteiger partial charge in [0, 0.05) is 41.3 Å². The number of aromatic nitrogens is 2. The zero-order chi connectivity index (χ0) is 21.0. The number of pyridine rings is 1. The smallest absolute Gasteiger partial charge is 0.223 e. The highest BCUT2D eigenvalue weighted by atomic mass is 32.2. The number of sulfone groups is 1. The number of benzene rings is 2. The molecule has 156 valence electrons. The van der Waals surface area contributed by atoms with Crippen molar-refractivity contribution in [2.45, 2.75) is 35.2 Å². The number of nitrogens with one attached hydrogen (secondary N) is 1. The summed E-state index contributed by atoms with van der Waals surface area (Å²) in [5.74, 6) is 0. The molecule has 2 aromatic carbocycles. The van der Waals surface area contributed by atoms with Crippen LogP contribution >= 0.6 is 0 Å². The van der Waals surface area contributed by atoms with Crippen molar-refractivity contribution < 1.29 is 8.42 Å². The number of rotatable bonds is 3. The molecule has 2 aliphatic heterocycles. The Morgan fingerprint density at radius 1 is 1.03 bits per heavy atom. The van der Waals surface area contributed by atoms with Gasteiger partial charge in [-0.1, -0.05) is 42.5 Å². The number of fused-ring (bicyclic) bond motifs is 3. The van der Waals surface area contributed by atoms with E-state index in [0.29, 0.717) is 10.9 Å². The average Bonchev–Trinajstić information content (AvgIpc) is 3.43. The molecule has 2 aromatic heterocycles. The van der Waals surface area contributed by atoms with Crippen molar-refractivity contribution >= 4 is 37.1 Å². The molecule has 31 heavy (non-hydrogen) atoms. The summed E-state index contributed by atoms with van der Waals surface area (Å²) >= 11 is 0. The van der Waals surface area contributed by atoms with Crippen LogP contribution in [0.1, 0.15) is 24.8 Å². The van der Waals surface area contributed by atoms with Crippen molar-refractivity contribution in [3.63, 3.8) is 0 Å². The van der Waals surface area contributed by atoms with E-state index in [2.05, 4.69) is 20.9 Å². The van der Waals surface area contributed by atoms with E-state index in [9.17, 15) is 8.42 Å². The molecule has 1 N–H and O–H groups in total. The molecule has 0 aliphatic carbocycles. The van der Waals surface area contributed by atoms with Crippen LogP contribution in [-0.4, -0.2) is 42.4 Å². The Morgan fingerprint density at radius 3 is 2.84 bits per heavy atom. The largest absolute Gasteiger partial charge is 0.345 e. The first kappa shape index (κ1) is 18.8. The molecular formula is C25H23N3O2S. The maximum Gasteiger partial charge on any atom is 0.223 e. The molecule has 4 heterocycles. The Balaban J connectivity index is 1.59. The van der Waals surface area contributed by atoms with Gasteiger partial charge in [0.05, 0.1) is 10.4 Å². The van der Waals surface area contributed by atoms with Gasteiger partial charge in [0.15, 0.2) is 0 Å². The summed E-state index contributed by atoms with van der Waals surface area (Å²) in [4.78, 5) is 10.4. The summed E-state index contributed by atoms with van der Waals surface area (Å²) in [7, 11) is -3.77. The summed E-state index contributed by atoms with van der Waals surface area (Å²) in [6, 6.07) is 15.5. The minimum atomic E-state index is -3.77. The summed E-state index contributed by atoms with van der Waals surface area (Å²) < 4.78 is 28.0. The number of nitrogens with zero attached hydrogens (tertiary/aromatic N) is 2. The third-order valence-electron chi connectivity index (χ3n) is 6.72. The second-order valence-corrected chi connectivity index (χ2v) is 10.3. The number of hydrogen-bond acceptors (Lipinski definition) is 4. The molecule has 2 aliphatic rings. The lowest BCUT2D eigenvalue weighted by atomic mass is 9.94. The average molecular weight is 430 g/mol. The van der Waals surface area contributed by atoms with Crippen molar-refractivity contribution in [2.75, 3.05) is 13.1 Å². The molecule has 1 fully saturated rings. The van der Waals surface area contributed by atoms with Crippen LogP contribution in [0.15, 0.2) is 76.9 Å². The fraction of sp³-hybridized carbons (Fsp3) is 0.240. The first-order valence-corrected chi connectivity index (χ1v) is 12.2. The van der Waals surface area contributed by atoms with Crippen LogP contribution < -0.4 is 0 Å². The zero-order valence-corrected chi connectivity index (χ0v) is 17.9. The Morgan fingerprint density at radius 2 is 1.90 bits per heavy atom. The van der Waals surface area contributed by atoms with E-state index in [1.165, 1.54) is 12.8 Å². The fourth-order valence-electron chi connectivity index (χ4n) is 5.21. The van der Waals surface area contributed by atoms with Crippen molar-refractivity contribution in [3.05, 3.63) is 72.6 Å². The van der Waals surface area contributed by atoms with E-state index < -0.39 is 9.84 Å². The third kappa shape index (κ3) is 2.93. The minimum absolute atomic E-state index is 0.282. The van der Waals surface area contributed by atoms with Crippen LogP contribution in [0.2, 0.25) is 0 Å². The van der Waals surface area contributed by atoms with Crippen LogP contribution in [-0.2, 0) is 9.84 Å². The second-order valence-electron chi connectivity index (χ2n) is 8.46. The molecule has 0 bridgehead atoms. The van der Waals surface area contributed by atoms with Gasteiger partial charge in [0.1, 0.15) is 5.03 Å². The van der Waals surface area contributed by atoms with E-state index in [4.69, 9.17) is 0 Å². The van der Waals surface area contributed by atoms with Gasteiger partial charge in [-0.25, -0.2) is 8.42 Å². The highest BCUT2D eigenvalue weighted by Crippen LogP contribution is 2.40. The molecule has 0 radical (unpaired) electrons. The van der Waals surface area contributed by atoms with E-state index in [0.717, 1.165) is 52.3 Å². The Kier molecular flexibility index (Phi) is 4.26. The maximum absolute atomic E-state index is 14.0. The number of H-pyrrole nitrogens is 1. The van der Waals surface area contributed by atoms with E-state index >= 15 is 0 Å². The van der Waals surface area contributed by atoms with Crippen molar-refractivity contribution in [2.24, 2.45) is 0 Å². The van der Waals surface area contributed by atoms with Crippen LogP contribution in [0.3, 0.4) is 0 Å². The molecule has 6 heteroatoms. The lowest BCUT2D eigenvalue weighted by Crippen LogP contribution is -2.33. The first-order valence-electron chi connectivity index (χ1n) is 10.7. The monoisotopic (exact) mass is 429 g/mol. The highest BCUT2D eigenvalue weighted by Gasteiger charge is 2.33. The number of aromatic amines is 1. The topological polar surface area (TPSA) is 66.1 Å². The third-order valence-corrected chi connectivity index (χ3v) is 8.50. The van der Waals surface area contributed by atoms with Crippen LogP contribution in [0.4, 0.5) is 0 Å². The van der Waals surface area contributed by atoms with Crippen LogP contribution in [0, 0.1) is 0 Å². The van der Waals surface area contributed by atoms with Gasteiger partial charge in [0.25, 0.3) is 0 Å². The van der Waals surface area contributed by atoms with Gasteiger partial charge in [-0.2, -0.15) is 0 Å². The molecule has 1 unspecified atom stereocenters. The quantitative estimate of drug-likeness (QED) is 0.508. The SMILES string of the molecule is O=S(=O)(c1[nH]c2ccncc2c1C1=CCN2CCCC2C1)c1cccc2ccccc12. The molecule has 0 spiro atoms. The van der Waals surface area contributed by atoms with Crippen molar-refractivity contribution in [1.29, 1.82) is 0 Å². The first-order chi connectivity index (χ1) is 15.1. The fourth-order valence-corrected chi connectivity index (χ4v) is 6.91. The predicted octanol–water partition coefficient (Wildman–Crippen LogP) is 4.80. The van der Waals surface area contributed by atoms with Gasteiger partial charge >= 0.3 is 0 Å². The van der Waals surface area contributed by atoms with Gasteiger partial charge < -0.3 is 4.98 Å². The molecule has 0 saturated carbocycles. The summed E-state index contributed by atoms with van der Waals surface area (Å²) in [5, 5.41) is 2.82. The lowest BCUT2D eigenvalue weighted by molar-refractivity contribution is 0.275. The molecule has 4 aromatic rings. The summed E-state index contributed by atoms with van der Waals surface area (Å²) in [5.41, 5.74) is 2.71. The van der Waals surface area contributed by atoms with Crippen LogP contribution in [0.5, 0.6) is 0 Å². The summed E-state index contributed by atoms with van der Waals surface area (Å²) in [6.45, 7) is 2.01. The van der Waals surface area contributed by atoms with E-state index in [1.807, 2.05) is 42.5 Å². The van der Waals surface area contributed by atoms with Crippen molar-refractivity contribution in [1.82, 2.24) is 14.9 Å². The molecular weight excluding hydrogens is 406 g/mol. The normalized spacial score (nSPS) is 19.6.